The lowest BCUT2D eigenvalue weighted by atomic mass is 9.87. The summed E-state index contributed by atoms with van der Waals surface area (Å²) in [5, 5.41) is 0. The van der Waals surface area contributed by atoms with Crippen LogP contribution in [0.5, 0.6) is 0 Å². The first-order chi connectivity index (χ1) is 14.4. The van der Waals surface area contributed by atoms with E-state index in [4.69, 9.17) is 0 Å². The highest BCUT2D eigenvalue weighted by Crippen LogP contribution is 2.36. The van der Waals surface area contributed by atoms with Gasteiger partial charge in [0.15, 0.2) is 0 Å². The highest BCUT2D eigenvalue weighted by atomic mass is 15.1. The van der Waals surface area contributed by atoms with Gasteiger partial charge in [-0.15, -0.1) is 0 Å². The molecule has 0 bridgehead atoms. The molecule has 1 nitrogen and oxygen atoms in total. The van der Waals surface area contributed by atoms with E-state index in [2.05, 4.69) is 89.8 Å². The summed E-state index contributed by atoms with van der Waals surface area (Å²) in [6.07, 6.45) is 12.6. The standard InChI is InChI=1S/C28H33N/c1-2-4-8-14-24(15-9-5-3-1)25-20-22-28(23-21-25)29(26-16-10-6-11-17-26)27-18-12-7-13-19-27/h6-7,10-13,16-24H,1-5,8-9,14-15H2. The fourth-order valence-corrected chi connectivity index (χ4v) is 4.64. The van der Waals surface area contributed by atoms with Gasteiger partial charge in [-0.25, -0.2) is 0 Å². The third kappa shape index (κ3) is 5.29. The highest BCUT2D eigenvalue weighted by Gasteiger charge is 2.15. The van der Waals surface area contributed by atoms with Crippen LogP contribution in [0.3, 0.4) is 0 Å². The zero-order chi connectivity index (χ0) is 19.7. The lowest BCUT2D eigenvalue weighted by molar-refractivity contribution is 0.463. The molecule has 1 heteroatoms. The van der Waals surface area contributed by atoms with E-state index in [9.17, 15) is 0 Å². The Morgan fingerprint density at radius 3 is 1.34 bits per heavy atom. The molecule has 0 spiro atoms. The Balaban J connectivity index is 1.58. The molecule has 150 valence electrons. The Labute approximate surface area is 176 Å². The first-order valence-electron chi connectivity index (χ1n) is 11.4. The molecule has 1 saturated carbocycles. The molecule has 1 fully saturated rings. The van der Waals surface area contributed by atoms with Crippen LogP contribution in [0.15, 0.2) is 84.9 Å². The van der Waals surface area contributed by atoms with Crippen molar-refractivity contribution in [3.8, 4) is 0 Å². The SMILES string of the molecule is c1ccc(N(c2ccccc2)c2ccc(C3CCCCCCCCC3)cc2)cc1. The van der Waals surface area contributed by atoms with Crippen LogP contribution in [0.2, 0.25) is 0 Å². The topological polar surface area (TPSA) is 3.24 Å². The van der Waals surface area contributed by atoms with E-state index in [0.717, 1.165) is 5.92 Å². The van der Waals surface area contributed by atoms with E-state index >= 15 is 0 Å². The maximum atomic E-state index is 2.38. The van der Waals surface area contributed by atoms with Crippen LogP contribution < -0.4 is 4.90 Å². The van der Waals surface area contributed by atoms with Gasteiger partial charge in [0.25, 0.3) is 0 Å². The molecular weight excluding hydrogens is 350 g/mol. The molecule has 0 aliphatic heterocycles. The van der Waals surface area contributed by atoms with E-state index in [1.165, 1.54) is 80.4 Å². The van der Waals surface area contributed by atoms with Crippen LogP contribution in [-0.2, 0) is 0 Å². The average molecular weight is 384 g/mol. The summed E-state index contributed by atoms with van der Waals surface area (Å²) in [6, 6.07) is 30.7. The van der Waals surface area contributed by atoms with Gasteiger partial charge in [-0.1, -0.05) is 93.5 Å². The van der Waals surface area contributed by atoms with E-state index in [-0.39, 0.29) is 0 Å². The molecule has 0 saturated heterocycles. The van der Waals surface area contributed by atoms with Crippen molar-refractivity contribution in [2.75, 3.05) is 4.90 Å². The minimum absolute atomic E-state index is 0.726. The summed E-state index contributed by atoms with van der Waals surface area (Å²) < 4.78 is 0. The van der Waals surface area contributed by atoms with Gasteiger partial charge in [0.1, 0.15) is 0 Å². The predicted octanol–water partition coefficient (Wildman–Crippen LogP) is 8.76. The molecule has 0 aromatic heterocycles. The van der Waals surface area contributed by atoms with Gasteiger partial charge in [0, 0.05) is 17.1 Å². The molecule has 3 aromatic rings. The Morgan fingerprint density at radius 2 is 0.862 bits per heavy atom. The summed E-state index contributed by atoms with van der Waals surface area (Å²) in [6.45, 7) is 0. The molecule has 0 amide bonds. The summed E-state index contributed by atoms with van der Waals surface area (Å²) >= 11 is 0. The van der Waals surface area contributed by atoms with E-state index in [0.29, 0.717) is 0 Å². The van der Waals surface area contributed by atoms with Crippen LogP contribution in [0.25, 0.3) is 0 Å². The van der Waals surface area contributed by atoms with Gasteiger partial charge < -0.3 is 4.90 Å². The molecule has 0 N–H and O–H groups in total. The van der Waals surface area contributed by atoms with Crippen LogP contribution in [0.1, 0.15) is 69.3 Å². The van der Waals surface area contributed by atoms with Crippen molar-refractivity contribution >= 4 is 17.1 Å². The lowest BCUT2D eigenvalue weighted by Gasteiger charge is -2.26. The summed E-state index contributed by atoms with van der Waals surface area (Å²) in [4.78, 5) is 2.34. The van der Waals surface area contributed by atoms with Crippen LogP contribution >= 0.6 is 0 Å². The molecular formula is C28H33N. The van der Waals surface area contributed by atoms with E-state index in [1.807, 2.05) is 0 Å². The molecule has 0 unspecified atom stereocenters. The smallest absolute Gasteiger partial charge is 0.0461 e. The monoisotopic (exact) mass is 383 g/mol. The van der Waals surface area contributed by atoms with Crippen molar-refractivity contribution in [3.63, 3.8) is 0 Å². The number of anilines is 3. The fraction of sp³-hybridized carbons (Fsp3) is 0.357. The van der Waals surface area contributed by atoms with Crippen molar-refractivity contribution in [2.24, 2.45) is 0 Å². The van der Waals surface area contributed by atoms with Gasteiger partial charge >= 0.3 is 0 Å². The van der Waals surface area contributed by atoms with Crippen molar-refractivity contribution in [3.05, 3.63) is 90.5 Å². The van der Waals surface area contributed by atoms with Gasteiger partial charge in [0.05, 0.1) is 0 Å². The predicted molar refractivity (Wildman–Crippen MR) is 125 cm³/mol. The fourth-order valence-electron chi connectivity index (χ4n) is 4.64. The van der Waals surface area contributed by atoms with Crippen molar-refractivity contribution in [2.45, 2.75) is 63.7 Å². The number of hydrogen-bond acceptors (Lipinski definition) is 1. The number of rotatable bonds is 4. The van der Waals surface area contributed by atoms with Crippen LogP contribution in [-0.4, -0.2) is 0 Å². The quantitative estimate of drug-likeness (QED) is 0.435. The zero-order valence-electron chi connectivity index (χ0n) is 17.5. The first kappa shape index (κ1) is 19.8. The van der Waals surface area contributed by atoms with Gasteiger partial charge in [-0.2, -0.15) is 0 Å². The van der Waals surface area contributed by atoms with Crippen LogP contribution in [0.4, 0.5) is 17.1 Å². The third-order valence-electron chi connectivity index (χ3n) is 6.26. The van der Waals surface area contributed by atoms with Crippen molar-refractivity contribution < 1.29 is 0 Å². The largest absolute Gasteiger partial charge is 0.311 e. The number of hydrogen-bond donors (Lipinski definition) is 0. The number of para-hydroxylation sites is 2. The first-order valence-corrected chi connectivity index (χ1v) is 11.4. The number of nitrogens with zero attached hydrogens (tertiary/aromatic N) is 1. The van der Waals surface area contributed by atoms with E-state index < -0.39 is 0 Å². The second kappa shape index (κ2) is 10.3. The van der Waals surface area contributed by atoms with Gasteiger partial charge in [-0.05, 0) is 60.7 Å². The minimum atomic E-state index is 0.726. The van der Waals surface area contributed by atoms with Crippen molar-refractivity contribution in [1.29, 1.82) is 0 Å². The summed E-state index contributed by atoms with van der Waals surface area (Å²) in [7, 11) is 0. The maximum Gasteiger partial charge on any atom is 0.0461 e. The minimum Gasteiger partial charge on any atom is -0.311 e. The van der Waals surface area contributed by atoms with Gasteiger partial charge in [-0.3, -0.25) is 0 Å². The highest BCUT2D eigenvalue weighted by molar-refractivity contribution is 5.76. The Kier molecular flexibility index (Phi) is 7.02. The Morgan fingerprint density at radius 1 is 0.448 bits per heavy atom. The van der Waals surface area contributed by atoms with Crippen molar-refractivity contribution in [1.82, 2.24) is 0 Å². The Bertz CT molecular complexity index is 789. The molecule has 3 aromatic carbocycles. The van der Waals surface area contributed by atoms with E-state index in [1.54, 1.807) is 0 Å². The Hall–Kier alpha value is -2.54. The summed E-state index contributed by atoms with van der Waals surface area (Å²) in [5.41, 5.74) is 5.15. The molecule has 0 atom stereocenters. The normalized spacial score (nSPS) is 16.3. The lowest BCUT2D eigenvalue weighted by Crippen LogP contribution is -2.10. The average Bonchev–Trinajstić information content (AvgIpc) is 2.80. The van der Waals surface area contributed by atoms with Gasteiger partial charge in [0.2, 0.25) is 0 Å². The molecule has 1 aliphatic carbocycles. The second-order valence-corrected chi connectivity index (χ2v) is 8.35. The summed E-state index contributed by atoms with van der Waals surface area (Å²) in [5.74, 6) is 0.726. The maximum absolute atomic E-state index is 2.38. The molecule has 29 heavy (non-hydrogen) atoms. The molecule has 0 radical (unpaired) electrons. The second-order valence-electron chi connectivity index (χ2n) is 8.35. The van der Waals surface area contributed by atoms with Crippen LogP contribution in [0, 0.1) is 0 Å². The molecule has 4 rings (SSSR count). The molecule has 1 aliphatic rings. The third-order valence-corrected chi connectivity index (χ3v) is 6.26. The number of benzene rings is 3. The zero-order valence-corrected chi connectivity index (χ0v) is 17.5. The molecule has 0 heterocycles.